The summed E-state index contributed by atoms with van der Waals surface area (Å²) in [5, 5.41) is 4.48. The van der Waals surface area contributed by atoms with Gasteiger partial charge in [-0.05, 0) is 24.6 Å². The van der Waals surface area contributed by atoms with Gasteiger partial charge in [0.1, 0.15) is 16.9 Å². The lowest BCUT2D eigenvalue weighted by atomic mass is 9.96. The van der Waals surface area contributed by atoms with Crippen molar-refractivity contribution in [3.8, 4) is 0 Å². The molecule has 2 atom stereocenters. The number of halogens is 1. The van der Waals surface area contributed by atoms with Gasteiger partial charge in [0.2, 0.25) is 0 Å². The molecular formula is C19H21FN4O3S. The van der Waals surface area contributed by atoms with Crippen LogP contribution in [0.5, 0.6) is 0 Å². The van der Waals surface area contributed by atoms with Crippen molar-refractivity contribution in [3.63, 3.8) is 0 Å². The smallest absolute Gasteiger partial charge is 0.264 e. The summed E-state index contributed by atoms with van der Waals surface area (Å²) in [4.78, 5) is 19.7. The van der Waals surface area contributed by atoms with Crippen LogP contribution in [0.1, 0.15) is 35.1 Å². The molecule has 2 fully saturated rings. The molecule has 2 saturated heterocycles. The topological polar surface area (TPSA) is 69.5 Å². The number of aryl methyl sites for hydroxylation is 1. The SMILES string of the molecule is Cc1nc2n(n1)C(=O)C(C(c1ccc(F)cc1)N1CCC3(CC1)OCCO3)S2. The van der Waals surface area contributed by atoms with E-state index in [1.165, 1.54) is 28.6 Å². The van der Waals surface area contributed by atoms with E-state index in [1.54, 1.807) is 19.1 Å². The van der Waals surface area contributed by atoms with E-state index < -0.39 is 5.79 Å². The highest BCUT2D eigenvalue weighted by Crippen LogP contribution is 2.43. The van der Waals surface area contributed by atoms with Crippen LogP contribution in [0, 0.1) is 12.7 Å². The van der Waals surface area contributed by atoms with Crippen molar-refractivity contribution < 1.29 is 18.7 Å². The van der Waals surface area contributed by atoms with Crippen LogP contribution in [-0.2, 0) is 9.47 Å². The first-order chi connectivity index (χ1) is 13.5. The average molecular weight is 404 g/mol. The van der Waals surface area contributed by atoms with Crippen LogP contribution in [0.3, 0.4) is 0 Å². The Hall–Kier alpha value is -1.81. The van der Waals surface area contributed by atoms with Gasteiger partial charge in [0.15, 0.2) is 10.9 Å². The molecular weight excluding hydrogens is 383 g/mol. The molecule has 2 aromatic rings. The Labute approximate surface area is 166 Å². The minimum atomic E-state index is -0.484. The molecule has 4 heterocycles. The quantitative estimate of drug-likeness (QED) is 0.778. The standard InChI is InChI=1S/C19H21FN4O3S/c1-12-21-18-24(22-12)17(25)16(28-18)15(13-2-4-14(20)5-3-13)23-8-6-19(7-9-23)26-10-11-27-19/h2-5,15-16H,6-11H2,1H3. The van der Waals surface area contributed by atoms with E-state index in [9.17, 15) is 9.18 Å². The van der Waals surface area contributed by atoms with Crippen LogP contribution in [0.2, 0.25) is 0 Å². The molecule has 2 unspecified atom stereocenters. The fourth-order valence-electron chi connectivity index (χ4n) is 4.27. The van der Waals surface area contributed by atoms with Gasteiger partial charge in [-0.1, -0.05) is 23.9 Å². The molecule has 1 aromatic carbocycles. The summed E-state index contributed by atoms with van der Waals surface area (Å²) < 4.78 is 26.6. The maximum absolute atomic E-state index is 13.5. The molecule has 1 spiro atoms. The fraction of sp³-hybridized carbons (Fsp3) is 0.526. The van der Waals surface area contributed by atoms with Gasteiger partial charge < -0.3 is 9.47 Å². The van der Waals surface area contributed by atoms with E-state index in [0.29, 0.717) is 24.2 Å². The first kappa shape index (κ1) is 18.2. The molecule has 1 aromatic heterocycles. The maximum atomic E-state index is 13.5. The number of ether oxygens (including phenoxy) is 2. The Kier molecular flexibility index (Phi) is 4.50. The molecule has 7 nitrogen and oxygen atoms in total. The highest BCUT2D eigenvalue weighted by Gasteiger charge is 2.46. The second-order valence-corrected chi connectivity index (χ2v) is 8.48. The Morgan fingerprint density at radius 2 is 1.89 bits per heavy atom. The number of likely N-dealkylation sites (tertiary alicyclic amines) is 1. The molecule has 3 aliphatic heterocycles. The second kappa shape index (κ2) is 6.91. The van der Waals surface area contributed by atoms with Gasteiger partial charge in [0.25, 0.3) is 5.91 Å². The Bertz CT molecular complexity index is 887. The Balaban J connectivity index is 1.44. The van der Waals surface area contributed by atoms with Crippen molar-refractivity contribution in [3.05, 3.63) is 41.5 Å². The van der Waals surface area contributed by atoms with Crippen molar-refractivity contribution >= 4 is 17.7 Å². The zero-order chi connectivity index (χ0) is 19.3. The van der Waals surface area contributed by atoms with Crippen LogP contribution < -0.4 is 0 Å². The molecule has 148 valence electrons. The molecule has 9 heteroatoms. The summed E-state index contributed by atoms with van der Waals surface area (Å²) in [6.07, 6.45) is 1.50. The number of benzene rings is 1. The third-order valence-electron chi connectivity index (χ3n) is 5.63. The van der Waals surface area contributed by atoms with Crippen molar-refractivity contribution in [2.75, 3.05) is 26.3 Å². The van der Waals surface area contributed by atoms with Crippen molar-refractivity contribution in [2.45, 2.75) is 42.0 Å². The summed E-state index contributed by atoms with van der Waals surface area (Å²) in [7, 11) is 0. The Morgan fingerprint density at radius 3 is 2.54 bits per heavy atom. The molecule has 0 radical (unpaired) electrons. The minimum absolute atomic E-state index is 0.0800. The molecule has 0 aliphatic carbocycles. The van der Waals surface area contributed by atoms with Crippen LogP contribution >= 0.6 is 11.8 Å². The number of nitrogens with zero attached hydrogens (tertiary/aromatic N) is 4. The first-order valence-electron chi connectivity index (χ1n) is 9.47. The molecule has 0 saturated carbocycles. The normalized spacial score (nSPS) is 25.4. The van der Waals surface area contributed by atoms with Gasteiger partial charge in [-0.2, -0.15) is 4.68 Å². The lowest BCUT2D eigenvalue weighted by molar-refractivity contribution is -0.187. The molecule has 0 bridgehead atoms. The average Bonchev–Trinajstić information content (AvgIpc) is 3.37. The number of fused-ring (bicyclic) bond motifs is 1. The molecule has 0 N–H and O–H groups in total. The summed E-state index contributed by atoms with van der Waals surface area (Å²) in [5.41, 5.74) is 0.916. The third kappa shape index (κ3) is 3.06. The summed E-state index contributed by atoms with van der Waals surface area (Å²) in [5.74, 6) is -0.266. The minimum Gasteiger partial charge on any atom is -0.347 e. The first-order valence-corrected chi connectivity index (χ1v) is 10.3. The number of carbonyl (C=O) groups is 1. The third-order valence-corrected chi connectivity index (χ3v) is 6.82. The zero-order valence-corrected chi connectivity index (χ0v) is 16.3. The maximum Gasteiger partial charge on any atom is 0.264 e. The number of thioether (sulfide) groups is 1. The van der Waals surface area contributed by atoms with E-state index in [2.05, 4.69) is 15.0 Å². The predicted octanol–water partition coefficient (Wildman–Crippen LogP) is 2.42. The monoisotopic (exact) mass is 404 g/mol. The zero-order valence-electron chi connectivity index (χ0n) is 15.5. The molecule has 3 aliphatic rings. The summed E-state index contributed by atoms with van der Waals surface area (Å²) in [6.45, 7) is 4.51. The van der Waals surface area contributed by atoms with E-state index in [1.807, 2.05) is 0 Å². The van der Waals surface area contributed by atoms with Gasteiger partial charge in [-0.15, -0.1) is 5.10 Å². The predicted molar refractivity (Wildman–Crippen MR) is 99.6 cm³/mol. The lowest BCUT2D eigenvalue weighted by Crippen LogP contribution is -2.49. The van der Waals surface area contributed by atoms with Crippen molar-refractivity contribution in [1.29, 1.82) is 0 Å². The van der Waals surface area contributed by atoms with E-state index in [-0.39, 0.29) is 23.0 Å². The summed E-state index contributed by atoms with van der Waals surface area (Å²) in [6, 6.07) is 6.23. The van der Waals surface area contributed by atoms with E-state index in [4.69, 9.17) is 9.47 Å². The van der Waals surface area contributed by atoms with Gasteiger partial charge in [-0.25, -0.2) is 9.37 Å². The number of carbonyl (C=O) groups excluding carboxylic acids is 1. The molecule has 28 heavy (non-hydrogen) atoms. The Morgan fingerprint density at radius 1 is 1.21 bits per heavy atom. The van der Waals surface area contributed by atoms with Gasteiger partial charge in [0, 0.05) is 25.9 Å². The van der Waals surface area contributed by atoms with Crippen molar-refractivity contribution in [1.82, 2.24) is 19.7 Å². The number of rotatable bonds is 3. The fourth-order valence-corrected chi connectivity index (χ4v) is 5.57. The van der Waals surface area contributed by atoms with Gasteiger partial charge in [0.05, 0.1) is 19.3 Å². The van der Waals surface area contributed by atoms with Gasteiger partial charge >= 0.3 is 0 Å². The number of hydrogen-bond donors (Lipinski definition) is 0. The molecule has 5 rings (SSSR count). The summed E-state index contributed by atoms with van der Waals surface area (Å²) >= 11 is 1.43. The van der Waals surface area contributed by atoms with E-state index in [0.717, 1.165) is 31.5 Å². The highest BCUT2D eigenvalue weighted by molar-refractivity contribution is 8.00. The number of hydrogen-bond acceptors (Lipinski definition) is 7. The molecule has 0 amide bonds. The van der Waals surface area contributed by atoms with Crippen LogP contribution in [0.4, 0.5) is 4.39 Å². The number of aromatic nitrogens is 3. The van der Waals surface area contributed by atoms with Crippen molar-refractivity contribution in [2.24, 2.45) is 0 Å². The lowest BCUT2D eigenvalue weighted by Gasteiger charge is -2.42. The van der Waals surface area contributed by atoms with Crippen LogP contribution in [-0.4, -0.2) is 62.9 Å². The second-order valence-electron chi connectivity index (χ2n) is 7.37. The largest absolute Gasteiger partial charge is 0.347 e. The van der Waals surface area contributed by atoms with Crippen LogP contribution in [0.25, 0.3) is 0 Å². The highest BCUT2D eigenvalue weighted by atomic mass is 32.2. The van der Waals surface area contributed by atoms with Gasteiger partial charge in [-0.3, -0.25) is 9.69 Å². The van der Waals surface area contributed by atoms with Crippen LogP contribution in [0.15, 0.2) is 29.4 Å². The number of piperidine rings is 1. The van der Waals surface area contributed by atoms with E-state index >= 15 is 0 Å².